The molecular weight excluding hydrogens is 299 g/mol. The molecule has 0 aliphatic carbocycles. The molecule has 0 radical (unpaired) electrons. The minimum Gasteiger partial charge on any atom is -0.497 e. The zero-order chi connectivity index (χ0) is 16.9. The van der Waals surface area contributed by atoms with Crippen LogP contribution in [-0.2, 0) is 4.65 Å². The summed E-state index contributed by atoms with van der Waals surface area (Å²) in [5.74, 6) is 0.814. The topological polar surface area (TPSA) is 38.7 Å². The summed E-state index contributed by atoms with van der Waals surface area (Å²) < 4.78 is 11.2. The van der Waals surface area contributed by atoms with Crippen molar-refractivity contribution >= 4 is 12.7 Å². The summed E-state index contributed by atoms with van der Waals surface area (Å²) in [4.78, 5) is 0. The van der Waals surface area contributed by atoms with Crippen molar-refractivity contribution in [1.29, 1.82) is 0 Å². The molecule has 3 rings (SSSR count). The van der Waals surface area contributed by atoms with Crippen molar-refractivity contribution in [2.24, 2.45) is 0 Å². The first-order valence-electron chi connectivity index (χ1n) is 8.50. The number of rotatable bonds is 6. The number of unbranched alkanes of at least 4 members (excludes halogenated alkanes) is 1. The molecule has 0 amide bonds. The highest BCUT2D eigenvalue weighted by molar-refractivity contribution is 6.55. The summed E-state index contributed by atoms with van der Waals surface area (Å²) in [6.07, 6.45) is 2.74. The Hall–Kier alpha value is -2.04. The van der Waals surface area contributed by atoms with Crippen LogP contribution in [0.1, 0.15) is 43.4 Å². The van der Waals surface area contributed by atoms with Gasteiger partial charge in [0.1, 0.15) is 5.75 Å². The number of hydrogen-bond acceptors (Lipinski definition) is 3. The van der Waals surface area contributed by atoms with Gasteiger partial charge in [0.25, 0.3) is 0 Å². The number of hydrogen-bond donors (Lipinski definition) is 1. The molecule has 0 spiro atoms. The summed E-state index contributed by atoms with van der Waals surface area (Å²) >= 11 is 0. The van der Waals surface area contributed by atoms with Crippen molar-refractivity contribution in [3.8, 4) is 5.75 Å². The normalized spacial score (nSPS) is 17.5. The van der Waals surface area contributed by atoms with E-state index in [2.05, 4.69) is 19.1 Å². The van der Waals surface area contributed by atoms with Gasteiger partial charge in [0.2, 0.25) is 0 Å². The molecule has 2 aromatic carbocycles. The van der Waals surface area contributed by atoms with Gasteiger partial charge in [-0.2, -0.15) is 0 Å². The Kier molecular flexibility index (Phi) is 5.39. The van der Waals surface area contributed by atoms with Crippen LogP contribution >= 0.6 is 0 Å². The Labute approximate surface area is 144 Å². The van der Waals surface area contributed by atoms with Gasteiger partial charge in [-0.1, -0.05) is 62.2 Å². The minimum absolute atomic E-state index is 0.250. The lowest BCUT2D eigenvalue weighted by atomic mass is 9.74. The molecule has 1 atom stereocenters. The molecule has 1 aliphatic heterocycles. The van der Waals surface area contributed by atoms with Gasteiger partial charge in [0.15, 0.2) is 0 Å². The van der Waals surface area contributed by atoms with Gasteiger partial charge < -0.3 is 14.4 Å². The van der Waals surface area contributed by atoms with Crippen LogP contribution in [0.15, 0.2) is 60.1 Å². The van der Waals surface area contributed by atoms with E-state index in [1.165, 1.54) is 0 Å². The fourth-order valence-corrected chi connectivity index (χ4v) is 3.18. The SMILES string of the molecule is CCCCC1=C(c2ccccc2)C(c2ccc(OC)cc2)OB1O. The van der Waals surface area contributed by atoms with Crippen LogP contribution in [0.3, 0.4) is 0 Å². The zero-order valence-corrected chi connectivity index (χ0v) is 14.2. The van der Waals surface area contributed by atoms with E-state index in [-0.39, 0.29) is 6.10 Å². The Morgan fingerprint density at radius 1 is 1.08 bits per heavy atom. The maximum absolute atomic E-state index is 10.5. The van der Waals surface area contributed by atoms with Crippen LogP contribution in [-0.4, -0.2) is 19.3 Å². The lowest BCUT2D eigenvalue weighted by Crippen LogP contribution is -2.16. The predicted molar refractivity (Wildman–Crippen MR) is 97.7 cm³/mol. The highest BCUT2D eigenvalue weighted by Crippen LogP contribution is 2.43. The monoisotopic (exact) mass is 322 g/mol. The molecule has 2 aromatic rings. The number of methoxy groups -OCH3 is 1. The molecule has 4 heteroatoms. The molecule has 0 aromatic heterocycles. The third-order valence-corrected chi connectivity index (χ3v) is 4.47. The standard InChI is InChI=1S/C20H23BO3/c1-3-4-10-18-19(15-8-6-5-7-9-15)20(24-21(18)22)16-11-13-17(23-2)14-12-16/h5-9,11-14,20,22H,3-4,10H2,1-2H3. The third kappa shape index (κ3) is 3.40. The fraction of sp³-hybridized carbons (Fsp3) is 0.300. The molecule has 0 saturated heterocycles. The van der Waals surface area contributed by atoms with Gasteiger partial charge in [-0.3, -0.25) is 0 Å². The van der Waals surface area contributed by atoms with E-state index in [1.807, 2.05) is 42.5 Å². The average molecular weight is 322 g/mol. The number of allylic oxidation sites excluding steroid dienone is 1. The Balaban J connectivity index is 2.02. The summed E-state index contributed by atoms with van der Waals surface area (Å²) in [5.41, 5.74) is 4.24. The molecule has 24 heavy (non-hydrogen) atoms. The summed E-state index contributed by atoms with van der Waals surface area (Å²) in [6, 6.07) is 18.1. The molecule has 1 N–H and O–H groups in total. The summed E-state index contributed by atoms with van der Waals surface area (Å²) in [5, 5.41) is 10.5. The lowest BCUT2D eigenvalue weighted by molar-refractivity contribution is 0.234. The quantitative estimate of drug-likeness (QED) is 0.800. The van der Waals surface area contributed by atoms with E-state index in [0.29, 0.717) is 0 Å². The maximum atomic E-state index is 10.5. The van der Waals surface area contributed by atoms with Crippen molar-refractivity contribution < 1.29 is 14.4 Å². The van der Waals surface area contributed by atoms with E-state index in [4.69, 9.17) is 9.39 Å². The minimum atomic E-state index is -0.834. The molecule has 0 saturated carbocycles. The second kappa shape index (κ2) is 7.69. The van der Waals surface area contributed by atoms with Crippen LogP contribution in [0.5, 0.6) is 5.75 Å². The van der Waals surface area contributed by atoms with Crippen LogP contribution in [0.25, 0.3) is 5.57 Å². The lowest BCUT2D eigenvalue weighted by Gasteiger charge is -2.17. The van der Waals surface area contributed by atoms with Crippen molar-refractivity contribution in [3.63, 3.8) is 0 Å². The molecule has 0 bridgehead atoms. The van der Waals surface area contributed by atoms with Gasteiger partial charge in [0, 0.05) is 0 Å². The number of ether oxygens (including phenoxy) is 1. The van der Waals surface area contributed by atoms with Crippen LogP contribution < -0.4 is 4.74 Å². The van der Waals surface area contributed by atoms with Gasteiger partial charge in [0.05, 0.1) is 13.2 Å². The second-order valence-corrected chi connectivity index (χ2v) is 6.05. The molecule has 0 fully saturated rings. The van der Waals surface area contributed by atoms with Crippen molar-refractivity contribution in [2.75, 3.05) is 7.11 Å². The largest absolute Gasteiger partial charge is 0.497 e. The molecule has 1 unspecified atom stereocenters. The van der Waals surface area contributed by atoms with E-state index in [1.54, 1.807) is 7.11 Å². The molecular formula is C20H23BO3. The van der Waals surface area contributed by atoms with Gasteiger partial charge in [-0.05, 0) is 40.7 Å². The van der Waals surface area contributed by atoms with E-state index in [0.717, 1.165) is 47.2 Å². The fourth-order valence-electron chi connectivity index (χ4n) is 3.18. The van der Waals surface area contributed by atoms with Crippen LogP contribution in [0.2, 0.25) is 0 Å². The van der Waals surface area contributed by atoms with Gasteiger partial charge in [-0.15, -0.1) is 0 Å². The van der Waals surface area contributed by atoms with Gasteiger partial charge in [-0.25, -0.2) is 0 Å². The highest BCUT2D eigenvalue weighted by Gasteiger charge is 2.38. The average Bonchev–Trinajstić information content (AvgIpc) is 2.97. The number of benzene rings is 2. The summed E-state index contributed by atoms with van der Waals surface area (Å²) in [7, 11) is 0.821. The van der Waals surface area contributed by atoms with Crippen LogP contribution in [0, 0.1) is 0 Å². The molecule has 124 valence electrons. The smallest absolute Gasteiger partial charge is 0.487 e. The summed E-state index contributed by atoms with van der Waals surface area (Å²) in [6.45, 7) is 2.16. The van der Waals surface area contributed by atoms with E-state index in [9.17, 15) is 5.02 Å². The van der Waals surface area contributed by atoms with Crippen molar-refractivity contribution in [1.82, 2.24) is 0 Å². The molecule has 1 aliphatic rings. The van der Waals surface area contributed by atoms with Gasteiger partial charge >= 0.3 is 7.12 Å². The van der Waals surface area contributed by atoms with E-state index < -0.39 is 7.12 Å². The third-order valence-electron chi connectivity index (χ3n) is 4.47. The Morgan fingerprint density at radius 3 is 2.42 bits per heavy atom. The van der Waals surface area contributed by atoms with Crippen LogP contribution in [0.4, 0.5) is 0 Å². The first-order chi connectivity index (χ1) is 11.7. The first kappa shape index (κ1) is 16.8. The predicted octanol–water partition coefficient (Wildman–Crippen LogP) is 4.43. The Morgan fingerprint density at radius 2 is 1.79 bits per heavy atom. The zero-order valence-electron chi connectivity index (χ0n) is 14.2. The second-order valence-electron chi connectivity index (χ2n) is 6.05. The first-order valence-corrected chi connectivity index (χ1v) is 8.50. The van der Waals surface area contributed by atoms with E-state index >= 15 is 0 Å². The highest BCUT2D eigenvalue weighted by atomic mass is 16.5. The van der Waals surface area contributed by atoms with Crippen molar-refractivity contribution in [3.05, 3.63) is 71.2 Å². The molecule has 3 nitrogen and oxygen atoms in total. The maximum Gasteiger partial charge on any atom is 0.487 e. The molecule has 1 heterocycles. The van der Waals surface area contributed by atoms with Crippen molar-refractivity contribution in [2.45, 2.75) is 32.3 Å². The Bertz CT molecular complexity index is 695.